The van der Waals surface area contributed by atoms with Crippen molar-refractivity contribution in [1.82, 2.24) is 15.4 Å². The van der Waals surface area contributed by atoms with Gasteiger partial charge in [0.25, 0.3) is 5.56 Å². The number of hydrogen-bond donors (Lipinski definition) is 4. The zero-order valence-corrected chi connectivity index (χ0v) is 9.50. The van der Waals surface area contributed by atoms with Crippen LogP contribution in [0.1, 0.15) is 6.92 Å². The van der Waals surface area contributed by atoms with Crippen LogP contribution in [0, 0.1) is 5.92 Å². The summed E-state index contributed by atoms with van der Waals surface area (Å²) in [5.74, 6) is 5.06. The van der Waals surface area contributed by atoms with Crippen molar-refractivity contribution < 1.29 is 4.79 Å². The number of anilines is 1. The Labute approximate surface area is 96.0 Å². The van der Waals surface area contributed by atoms with Gasteiger partial charge < -0.3 is 10.7 Å². The summed E-state index contributed by atoms with van der Waals surface area (Å²) in [6, 6.07) is 1.19. The van der Waals surface area contributed by atoms with E-state index in [2.05, 4.69) is 15.4 Å². The Morgan fingerprint density at radius 3 is 3.00 bits per heavy atom. The number of carbonyl (C=O) groups is 1. The number of nitrogen functional groups attached to an aromatic ring is 1. The van der Waals surface area contributed by atoms with Crippen LogP contribution in [0.4, 0.5) is 5.82 Å². The Balaban J connectivity index is 2.61. The first-order valence-electron chi connectivity index (χ1n) is 4.53. The van der Waals surface area contributed by atoms with E-state index in [-0.39, 0.29) is 23.2 Å². The van der Waals surface area contributed by atoms with Crippen molar-refractivity contribution in [2.24, 2.45) is 11.8 Å². The van der Waals surface area contributed by atoms with Crippen LogP contribution in [0.3, 0.4) is 0 Å². The summed E-state index contributed by atoms with van der Waals surface area (Å²) in [6.07, 6.45) is 0. The van der Waals surface area contributed by atoms with Crippen LogP contribution < -0.4 is 22.6 Å². The molecule has 0 bridgehead atoms. The zero-order valence-electron chi connectivity index (χ0n) is 8.69. The molecule has 0 spiro atoms. The summed E-state index contributed by atoms with van der Waals surface area (Å²) in [4.78, 5) is 28.6. The molecule has 1 unspecified atom stereocenters. The lowest BCUT2D eigenvalue weighted by Gasteiger charge is -2.08. The number of amides is 1. The number of thioether (sulfide) groups is 1. The first-order valence-corrected chi connectivity index (χ1v) is 5.51. The van der Waals surface area contributed by atoms with E-state index >= 15 is 0 Å². The van der Waals surface area contributed by atoms with E-state index in [0.29, 0.717) is 10.9 Å². The molecule has 1 atom stereocenters. The normalized spacial score (nSPS) is 12.1. The number of nitrogens with one attached hydrogen (secondary N) is 2. The molecule has 7 nitrogen and oxygen atoms in total. The van der Waals surface area contributed by atoms with Gasteiger partial charge in [-0.05, 0) is 0 Å². The highest BCUT2D eigenvalue weighted by atomic mass is 32.2. The van der Waals surface area contributed by atoms with Crippen molar-refractivity contribution in [2.75, 3.05) is 11.5 Å². The molecular formula is C8H13N5O2S. The number of hydrogen-bond acceptors (Lipinski definition) is 6. The average molecular weight is 243 g/mol. The number of carbonyl (C=O) groups excluding carboxylic acids is 1. The average Bonchev–Trinajstić information content (AvgIpc) is 2.23. The predicted molar refractivity (Wildman–Crippen MR) is 61.5 cm³/mol. The summed E-state index contributed by atoms with van der Waals surface area (Å²) in [5, 5.41) is 0.390. The minimum absolute atomic E-state index is 0.155. The number of nitrogens with two attached hydrogens (primary N) is 2. The third-order valence-electron chi connectivity index (χ3n) is 1.80. The second kappa shape index (κ2) is 5.52. The van der Waals surface area contributed by atoms with Crippen molar-refractivity contribution in [3.63, 3.8) is 0 Å². The second-order valence-corrected chi connectivity index (χ2v) is 4.20. The smallest absolute Gasteiger partial charge is 0.253 e. The van der Waals surface area contributed by atoms with E-state index < -0.39 is 0 Å². The second-order valence-electron chi connectivity index (χ2n) is 3.20. The monoisotopic (exact) mass is 243 g/mol. The summed E-state index contributed by atoms with van der Waals surface area (Å²) >= 11 is 1.24. The maximum absolute atomic E-state index is 11.1. The summed E-state index contributed by atoms with van der Waals surface area (Å²) in [5.41, 5.74) is 7.15. The van der Waals surface area contributed by atoms with Gasteiger partial charge in [0.15, 0.2) is 5.16 Å². The molecule has 1 heterocycles. The molecule has 16 heavy (non-hydrogen) atoms. The quantitative estimate of drug-likeness (QED) is 0.178. The third-order valence-corrected chi connectivity index (χ3v) is 2.93. The van der Waals surface area contributed by atoms with Gasteiger partial charge in [-0.3, -0.25) is 15.0 Å². The van der Waals surface area contributed by atoms with Gasteiger partial charge in [-0.2, -0.15) is 0 Å². The van der Waals surface area contributed by atoms with Gasteiger partial charge in [0.1, 0.15) is 5.82 Å². The van der Waals surface area contributed by atoms with Crippen molar-refractivity contribution >= 4 is 23.5 Å². The number of nitrogens with zero attached hydrogens (tertiary/aromatic N) is 1. The first kappa shape index (κ1) is 12.5. The molecule has 0 aliphatic carbocycles. The van der Waals surface area contributed by atoms with E-state index in [1.807, 2.05) is 0 Å². The van der Waals surface area contributed by atoms with Gasteiger partial charge in [0.2, 0.25) is 5.91 Å². The number of aromatic nitrogens is 2. The maximum atomic E-state index is 11.1. The molecule has 88 valence electrons. The van der Waals surface area contributed by atoms with Crippen LogP contribution in [0.15, 0.2) is 16.0 Å². The highest BCUT2D eigenvalue weighted by Gasteiger charge is 2.12. The lowest BCUT2D eigenvalue weighted by atomic mass is 10.2. The van der Waals surface area contributed by atoms with E-state index in [1.165, 1.54) is 17.8 Å². The summed E-state index contributed by atoms with van der Waals surface area (Å²) in [7, 11) is 0. The third kappa shape index (κ3) is 3.55. The van der Waals surface area contributed by atoms with Gasteiger partial charge in [0, 0.05) is 17.7 Å². The summed E-state index contributed by atoms with van der Waals surface area (Å²) < 4.78 is 0. The largest absolute Gasteiger partial charge is 0.383 e. The molecule has 6 N–H and O–H groups in total. The Morgan fingerprint density at radius 2 is 2.44 bits per heavy atom. The van der Waals surface area contributed by atoms with E-state index in [0.717, 1.165) is 0 Å². The van der Waals surface area contributed by atoms with Crippen LogP contribution in [-0.4, -0.2) is 21.6 Å². The van der Waals surface area contributed by atoms with Crippen molar-refractivity contribution in [1.29, 1.82) is 0 Å². The van der Waals surface area contributed by atoms with Gasteiger partial charge >= 0.3 is 0 Å². The molecule has 0 saturated carbocycles. The molecular weight excluding hydrogens is 230 g/mol. The zero-order chi connectivity index (χ0) is 12.1. The van der Waals surface area contributed by atoms with Crippen LogP contribution in [-0.2, 0) is 4.79 Å². The van der Waals surface area contributed by atoms with Crippen LogP contribution in [0.2, 0.25) is 0 Å². The Bertz CT molecular complexity index is 433. The molecule has 0 aromatic carbocycles. The number of rotatable bonds is 4. The topological polar surface area (TPSA) is 127 Å². The highest BCUT2D eigenvalue weighted by molar-refractivity contribution is 7.99. The van der Waals surface area contributed by atoms with Crippen LogP contribution in [0.5, 0.6) is 0 Å². The number of aromatic amines is 1. The fourth-order valence-corrected chi connectivity index (χ4v) is 1.85. The summed E-state index contributed by atoms with van der Waals surface area (Å²) in [6.45, 7) is 1.72. The van der Waals surface area contributed by atoms with Gasteiger partial charge in [-0.1, -0.05) is 18.7 Å². The van der Waals surface area contributed by atoms with Gasteiger partial charge in [-0.15, -0.1) is 0 Å². The minimum Gasteiger partial charge on any atom is -0.383 e. The van der Waals surface area contributed by atoms with Gasteiger partial charge in [0.05, 0.1) is 0 Å². The standard InChI is InChI=1S/C8H13N5O2S/c1-4(7(15)13-10)3-16-8-11-5(9)2-6(14)12-8/h2,4H,3,10H2,1H3,(H,13,15)(H3,9,11,12,14). The number of H-pyrrole nitrogens is 1. The molecule has 1 aromatic heterocycles. The molecule has 0 aliphatic rings. The predicted octanol–water partition coefficient (Wildman–Crippen LogP) is -0.930. The lowest BCUT2D eigenvalue weighted by molar-refractivity contribution is -0.123. The number of hydrazine groups is 1. The van der Waals surface area contributed by atoms with E-state index in [4.69, 9.17) is 11.6 Å². The fourth-order valence-electron chi connectivity index (χ4n) is 0.944. The SMILES string of the molecule is CC(CSc1nc(N)cc(=O)[nH]1)C(=O)NN. The lowest BCUT2D eigenvalue weighted by Crippen LogP contribution is -2.35. The van der Waals surface area contributed by atoms with Crippen LogP contribution in [0.25, 0.3) is 0 Å². The fraction of sp³-hybridized carbons (Fsp3) is 0.375. The minimum atomic E-state index is -0.314. The van der Waals surface area contributed by atoms with Crippen LogP contribution >= 0.6 is 11.8 Å². The van der Waals surface area contributed by atoms with E-state index in [1.54, 1.807) is 6.92 Å². The van der Waals surface area contributed by atoms with Crippen molar-refractivity contribution in [3.05, 3.63) is 16.4 Å². The van der Waals surface area contributed by atoms with Crippen molar-refractivity contribution in [2.45, 2.75) is 12.1 Å². The molecule has 0 aliphatic heterocycles. The Morgan fingerprint density at radius 1 is 1.75 bits per heavy atom. The molecule has 8 heteroatoms. The maximum Gasteiger partial charge on any atom is 0.253 e. The van der Waals surface area contributed by atoms with E-state index in [9.17, 15) is 9.59 Å². The molecule has 0 saturated heterocycles. The molecule has 1 rings (SSSR count). The Hall–Kier alpha value is -1.54. The van der Waals surface area contributed by atoms with Gasteiger partial charge in [-0.25, -0.2) is 10.8 Å². The Kier molecular flexibility index (Phi) is 4.32. The van der Waals surface area contributed by atoms with Crippen molar-refractivity contribution in [3.8, 4) is 0 Å². The first-order chi connectivity index (χ1) is 7.52. The molecule has 1 aromatic rings. The molecule has 1 amide bonds. The molecule has 0 radical (unpaired) electrons. The molecule has 0 fully saturated rings. The highest BCUT2D eigenvalue weighted by Crippen LogP contribution is 2.15.